The summed E-state index contributed by atoms with van der Waals surface area (Å²) < 4.78 is 34.1. The lowest BCUT2D eigenvalue weighted by Gasteiger charge is -2.33. The average molecular weight is 411 g/mol. The predicted octanol–water partition coefficient (Wildman–Crippen LogP) is 3.81. The molecule has 2 rings (SSSR count). The highest BCUT2D eigenvalue weighted by Crippen LogP contribution is 2.30. The Morgan fingerprint density at radius 2 is 1.71 bits per heavy atom. The SMILES string of the molecule is COc1ccc(S(=O)(=O)NC(C)(C)CC(C)(C)C)cc1C(=O)N1CCCCC1. The zero-order chi connectivity index (χ0) is 21.2. The maximum Gasteiger partial charge on any atom is 0.257 e. The Bertz CT molecular complexity index is 804. The predicted molar refractivity (Wildman–Crippen MR) is 111 cm³/mol. The molecule has 0 spiro atoms. The molecule has 1 aliphatic rings. The molecule has 7 heteroatoms. The third kappa shape index (κ3) is 5.95. The number of carbonyl (C=O) groups is 1. The number of likely N-dealkylation sites (tertiary alicyclic amines) is 1. The fourth-order valence-electron chi connectivity index (χ4n) is 4.07. The molecule has 1 aliphatic heterocycles. The van der Waals surface area contributed by atoms with Crippen molar-refractivity contribution in [2.24, 2.45) is 5.41 Å². The van der Waals surface area contributed by atoms with Crippen LogP contribution in [0.3, 0.4) is 0 Å². The van der Waals surface area contributed by atoms with Gasteiger partial charge in [0.15, 0.2) is 0 Å². The zero-order valence-corrected chi connectivity index (χ0v) is 18.8. The Morgan fingerprint density at radius 1 is 1.11 bits per heavy atom. The highest BCUT2D eigenvalue weighted by atomic mass is 32.2. The summed E-state index contributed by atoms with van der Waals surface area (Å²) in [6.07, 6.45) is 3.72. The van der Waals surface area contributed by atoms with Gasteiger partial charge in [-0.2, -0.15) is 0 Å². The van der Waals surface area contributed by atoms with Crippen molar-refractivity contribution >= 4 is 15.9 Å². The van der Waals surface area contributed by atoms with Gasteiger partial charge in [-0.15, -0.1) is 0 Å². The van der Waals surface area contributed by atoms with Gasteiger partial charge in [0.25, 0.3) is 5.91 Å². The highest BCUT2D eigenvalue weighted by Gasteiger charge is 2.31. The Morgan fingerprint density at radius 3 is 2.25 bits per heavy atom. The van der Waals surface area contributed by atoms with Crippen LogP contribution >= 0.6 is 0 Å². The molecule has 1 aromatic carbocycles. The summed E-state index contributed by atoms with van der Waals surface area (Å²) >= 11 is 0. The number of sulfonamides is 1. The van der Waals surface area contributed by atoms with E-state index < -0.39 is 15.6 Å². The quantitative estimate of drug-likeness (QED) is 0.774. The summed E-state index contributed by atoms with van der Waals surface area (Å²) in [6, 6.07) is 4.48. The van der Waals surface area contributed by atoms with Crippen LogP contribution in [-0.4, -0.2) is 45.0 Å². The molecule has 28 heavy (non-hydrogen) atoms. The van der Waals surface area contributed by atoms with E-state index >= 15 is 0 Å². The minimum atomic E-state index is -3.78. The number of rotatable bonds is 6. The van der Waals surface area contributed by atoms with Gasteiger partial charge in [-0.3, -0.25) is 4.79 Å². The van der Waals surface area contributed by atoms with E-state index in [9.17, 15) is 13.2 Å². The largest absolute Gasteiger partial charge is 0.496 e. The molecule has 0 aromatic heterocycles. The van der Waals surface area contributed by atoms with Crippen molar-refractivity contribution in [3.63, 3.8) is 0 Å². The number of hydrogen-bond donors (Lipinski definition) is 1. The molecule has 0 atom stereocenters. The van der Waals surface area contributed by atoms with E-state index in [-0.39, 0.29) is 16.2 Å². The van der Waals surface area contributed by atoms with Crippen LogP contribution < -0.4 is 9.46 Å². The molecule has 1 N–H and O–H groups in total. The first-order valence-corrected chi connectivity index (χ1v) is 11.3. The summed E-state index contributed by atoms with van der Waals surface area (Å²) in [6.45, 7) is 11.4. The van der Waals surface area contributed by atoms with E-state index in [1.807, 2.05) is 13.8 Å². The Hall–Kier alpha value is -1.60. The Kier molecular flexibility index (Phi) is 6.82. The number of carbonyl (C=O) groups excluding carboxylic acids is 1. The fourth-order valence-corrected chi connectivity index (χ4v) is 5.51. The van der Waals surface area contributed by atoms with Gasteiger partial charge in [0.2, 0.25) is 10.0 Å². The molecule has 1 heterocycles. The van der Waals surface area contributed by atoms with Crippen LogP contribution in [-0.2, 0) is 10.0 Å². The van der Waals surface area contributed by atoms with Crippen molar-refractivity contribution in [3.8, 4) is 5.75 Å². The van der Waals surface area contributed by atoms with Crippen molar-refractivity contribution < 1.29 is 17.9 Å². The van der Waals surface area contributed by atoms with Crippen LogP contribution in [0.25, 0.3) is 0 Å². The molecule has 1 fully saturated rings. The van der Waals surface area contributed by atoms with Gasteiger partial charge in [0.05, 0.1) is 17.6 Å². The number of amides is 1. The summed E-state index contributed by atoms with van der Waals surface area (Å²) in [7, 11) is -2.29. The molecule has 0 saturated carbocycles. The normalized spacial score (nSPS) is 16.1. The van der Waals surface area contributed by atoms with Gasteiger partial charge in [-0.05, 0) is 63.1 Å². The van der Waals surface area contributed by atoms with Crippen LogP contribution in [0.4, 0.5) is 0 Å². The van der Waals surface area contributed by atoms with Crippen LogP contribution in [0.15, 0.2) is 23.1 Å². The summed E-state index contributed by atoms with van der Waals surface area (Å²) in [5.41, 5.74) is -0.351. The molecule has 158 valence electrons. The molecule has 0 bridgehead atoms. The van der Waals surface area contributed by atoms with Gasteiger partial charge in [0, 0.05) is 18.6 Å². The second-order valence-corrected chi connectivity index (χ2v) is 11.1. The van der Waals surface area contributed by atoms with E-state index in [2.05, 4.69) is 25.5 Å². The summed E-state index contributed by atoms with van der Waals surface area (Å²) in [4.78, 5) is 14.8. The molecule has 0 unspecified atom stereocenters. The maximum atomic E-state index is 13.0. The van der Waals surface area contributed by atoms with E-state index in [4.69, 9.17) is 4.74 Å². The minimum absolute atomic E-state index is 0.0265. The van der Waals surface area contributed by atoms with Gasteiger partial charge >= 0.3 is 0 Å². The minimum Gasteiger partial charge on any atom is -0.496 e. The van der Waals surface area contributed by atoms with E-state index in [1.54, 1.807) is 11.0 Å². The van der Waals surface area contributed by atoms with E-state index in [0.717, 1.165) is 19.3 Å². The Labute approximate surface area is 169 Å². The van der Waals surface area contributed by atoms with E-state index in [1.165, 1.54) is 19.2 Å². The van der Waals surface area contributed by atoms with Gasteiger partial charge in [0.1, 0.15) is 5.75 Å². The number of ether oxygens (including phenoxy) is 1. The van der Waals surface area contributed by atoms with Crippen molar-refractivity contribution in [2.75, 3.05) is 20.2 Å². The number of hydrogen-bond acceptors (Lipinski definition) is 4. The zero-order valence-electron chi connectivity index (χ0n) is 18.0. The summed E-state index contributed by atoms with van der Waals surface area (Å²) in [5.74, 6) is 0.214. The number of benzene rings is 1. The number of nitrogens with zero attached hydrogens (tertiary/aromatic N) is 1. The molecule has 0 radical (unpaired) electrons. The average Bonchev–Trinajstić information content (AvgIpc) is 2.58. The summed E-state index contributed by atoms with van der Waals surface area (Å²) in [5, 5.41) is 0. The molecule has 1 saturated heterocycles. The molecular formula is C21H34N2O4S. The lowest BCUT2D eigenvalue weighted by molar-refractivity contribution is 0.0720. The highest BCUT2D eigenvalue weighted by molar-refractivity contribution is 7.89. The van der Waals surface area contributed by atoms with Gasteiger partial charge < -0.3 is 9.64 Å². The molecule has 1 aromatic rings. The lowest BCUT2D eigenvalue weighted by Crippen LogP contribution is -2.45. The van der Waals surface area contributed by atoms with Gasteiger partial charge in [-0.1, -0.05) is 20.8 Å². The van der Waals surface area contributed by atoms with E-state index in [0.29, 0.717) is 30.8 Å². The van der Waals surface area contributed by atoms with Crippen LogP contribution in [0.1, 0.15) is 70.7 Å². The third-order valence-electron chi connectivity index (χ3n) is 4.74. The Balaban J connectivity index is 2.33. The smallest absolute Gasteiger partial charge is 0.257 e. The second-order valence-electron chi connectivity index (χ2n) is 9.44. The first kappa shape index (κ1) is 22.7. The second kappa shape index (κ2) is 8.41. The van der Waals surface area contributed by atoms with Crippen molar-refractivity contribution in [2.45, 2.75) is 70.7 Å². The van der Waals surface area contributed by atoms with Crippen molar-refractivity contribution in [1.29, 1.82) is 0 Å². The third-order valence-corrected chi connectivity index (χ3v) is 6.43. The topological polar surface area (TPSA) is 75.7 Å². The van der Waals surface area contributed by atoms with Crippen molar-refractivity contribution in [3.05, 3.63) is 23.8 Å². The molecule has 6 nitrogen and oxygen atoms in total. The molecular weight excluding hydrogens is 376 g/mol. The number of nitrogens with one attached hydrogen (secondary N) is 1. The molecule has 0 aliphatic carbocycles. The van der Waals surface area contributed by atoms with Gasteiger partial charge in [-0.25, -0.2) is 13.1 Å². The monoisotopic (exact) mass is 410 g/mol. The fraction of sp³-hybridized carbons (Fsp3) is 0.667. The lowest BCUT2D eigenvalue weighted by atomic mass is 9.82. The standard InChI is InChI=1S/C21H34N2O4S/c1-20(2,3)15-21(4,5)22-28(25,26)16-10-11-18(27-6)17(14-16)19(24)23-12-8-7-9-13-23/h10-11,14,22H,7-9,12-13,15H2,1-6H3. The van der Waals surface area contributed by atoms with Crippen LogP contribution in [0, 0.1) is 5.41 Å². The molecule has 1 amide bonds. The first-order chi connectivity index (χ1) is 12.8. The number of piperidine rings is 1. The maximum absolute atomic E-state index is 13.0. The van der Waals surface area contributed by atoms with Crippen LogP contribution in [0.5, 0.6) is 5.75 Å². The van der Waals surface area contributed by atoms with Crippen LogP contribution in [0.2, 0.25) is 0 Å². The van der Waals surface area contributed by atoms with Crippen molar-refractivity contribution in [1.82, 2.24) is 9.62 Å². The first-order valence-electron chi connectivity index (χ1n) is 9.86. The number of methoxy groups -OCH3 is 1.